The lowest BCUT2D eigenvalue weighted by Crippen LogP contribution is -1.94. The lowest BCUT2D eigenvalue weighted by molar-refractivity contribution is 0.862. The molecule has 0 bridgehead atoms. The van der Waals surface area contributed by atoms with Crippen molar-refractivity contribution in [3.63, 3.8) is 0 Å². The number of aryl methyl sites for hydroxylation is 2. The number of hydrogen-bond donors (Lipinski definition) is 0. The summed E-state index contributed by atoms with van der Waals surface area (Å²) in [5.41, 5.74) is 3.42. The largest absolute Gasteiger partial charge is 0.241 e. The van der Waals surface area contributed by atoms with Crippen molar-refractivity contribution in [2.24, 2.45) is 0 Å². The first-order chi connectivity index (χ1) is 8.25. The monoisotopic (exact) mass is 232 g/mol. The standard InChI is InChI=1S/C11H12N2.2C2H6/c1-9-3-5-11(6-4-9)13-8-7-10(2)12-13;2*1-2/h3-8H,1-2H3;2*1-2H3. The van der Waals surface area contributed by atoms with E-state index >= 15 is 0 Å². The molecular weight excluding hydrogens is 208 g/mol. The van der Waals surface area contributed by atoms with Crippen LogP contribution in [0.2, 0.25) is 0 Å². The van der Waals surface area contributed by atoms with Gasteiger partial charge in [0, 0.05) is 6.20 Å². The third kappa shape index (κ3) is 4.85. The van der Waals surface area contributed by atoms with Gasteiger partial charge in [-0.1, -0.05) is 45.4 Å². The molecule has 0 unspecified atom stereocenters. The molecule has 94 valence electrons. The summed E-state index contributed by atoms with van der Waals surface area (Å²) in [6.07, 6.45) is 1.97. The van der Waals surface area contributed by atoms with Crippen LogP contribution in [-0.4, -0.2) is 9.78 Å². The Morgan fingerprint density at radius 3 is 1.76 bits per heavy atom. The third-order valence-corrected chi connectivity index (χ3v) is 2.02. The molecule has 2 nitrogen and oxygen atoms in total. The number of rotatable bonds is 1. The Hall–Kier alpha value is -1.57. The minimum Gasteiger partial charge on any atom is -0.241 e. The van der Waals surface area contributed by atoms with E-state index in [4.69, 9.17) is 0 Å². The van der Waals surface area contributed by atoms with Crippen LogP contribution in [0.3, 0.4) is 0 Å². The van der Waals surface area contributed by atoms with Crippen molar-refractivity contribution in [1.29, 1.82) is 0 Å². The van der Waals surface area contributed by atoms with Crippen LogP contribution < -0.4 is 0 Å². The highest BCUT2D eigenvalue weighted by atomic mass is 15.3. The third-order valence-electron chi connectivity index (χ3n) is 2.02. The van der Waals surface area contributed by atoms with Gasteiger partial charge in [-0.05, 0) is 32.0 Å². The van der Waals surface area contributed by atoms with Crippen molar-refractivity contribution >= 4 is 0 Å². The first-order valence-electron chi connectivity index (χ1n) is 6.35. The molecule has 0 fully saturated rings. The Kier molecular flexibility index (Phi) is 7.78. The molecule has 2 heteroatoms. The summed E-state index contributed by atoms with van der Waals surface area (Å²) in [4.78, 5) is 0. The van der Waals surface area contributed by atoms with E-state index in [1.54, 1.807) is 0 Å². The maximum absolute atomic E-state index is 4.33. The topological polar surface area (TPSA) is 17.8 Å². The van der Waals surface area contributed by atoms with E-state index in [9.17, 15) is 0 Å². The average Bonchev–Trinajstić information content (AvgIpc) is 2.82. The average molecular weight is 232 g/mol. The van der Waals surface area contributed by atoms with Crippen molar-refractivity contribution in [2.75, 3.05) is 0 Å². The smallest absolute Gasteiger partial charge is 0.0645 e. The molecule has 0 aliphatic rings. The molecule has 17 heavy (non-hydrogen) atoms. The Morgan fingerprint density at radius 1 is 0.824 bits per heavy atom. The van der Waals surface area contributed by atoms with Crippen LogP contribution in [0.25, 0.3) is 5.69 Å². The molecule has 0 atom stereocenters. The summed E-state index contributed by atoms with van der Waals surface area (Å²) in [6.45, 7) is 12.1. The SMILES string of the molecule is CC.CC.Cc1ccc(-n2ccc(C)n2)cc1. The highest BCUT2D eigenvalue weighted by Crippen LogP contribution is 2.08. The zero-order valence-electron chi connectivity index (χ0n) is 11.9. The van der Waals surface area contributed by atoms with Gasteiger partial charge in [-0.3, -0.25) is 0 Å². The molecular formula is C15H24N2. The summed E-state index contributed by atoms with van der Waals surface area (Å²) >= 11 is 0. The van der Waals surface area contributed by atoms with Gasteiger partial charge in [0.2, 0.25) is 0 Å². The van der Waals surface area contributed by atoms with E-state index in [2.05, 4.69) is 36.3 Å². The summed E-state index contributed by atoms with van der Waals surface area (Å²) < 4.78 is 1.88. The van der Waals surface area contributed by atoms with Crippen molar-refractivity contribution < 1.29 is 0 Å². The molecule has 1 aromatic carbocycles. The van der Waals surface area contributed by atoms with Gasteiger partial charge >= 0.3 is 0 Å². The van der Waals surface area contributed by atoms with Gasteiger partial charge in [-0.15, -0.1) is 0 Å². The van der Waals surface area contributed by atoms with E-state index in [0.717, 1.165) is 11.4 Å². The van der Waals surface area contributed by atoms with Crippen LogP contribution in [0, 0.1) is 13.8 Å². The molecule has 0 radical (unpaired) electrons. The normalized spacial score (nSPS) is 8.59. The summed E-state index contributed by atoms with van der Waals surface area (Å²) in [5.74, 6) is 0. The highest BCUT2D eigenvalue weighted by molar-refractivity contribution is 5.33. The fourth-order valence-electron chi connectivity index (χ4n) is 1.26. The molecule has 0 spiro atoms. The van der Waals surface area contributed by atoms with Crippen LogP contribution in [0.5, 0.6) is 0 Å². The minimum absolute atomic E-state index is 1.04. The van der Waals surface area contributed by atoms with Crippen molar-refractivity contribution in [1.82, 2.24) is 9.78 Å². The lowest BCUT2D eigenvalue weighted by atomic mass is 10.2. The molecule has 0 amide bonds. The zero-order chi connectivity index (χ0) is 13.3. The predicted octanol–water partition coefficient (Wildman–Crippen LogP) is 4.54. The molecule has 1 aromatic heterocycles. The van der Waals surface area contributed by atoms with Gasteiger partial charge in [-0.2, -0.15) is 5.10 Å². The van der Waals surface area contributed by atoms with E-state index in [1.165, 1.54) is 5.56 Å². The fraction of sp³-hybridized carbons (Fsp3) is 0.400. The van der Waals surface area contributed by atoms with Crippen molar-refractivity contribution in [3.05, 3.63) is 47.8 Å². The van der Waals surface area contributed by atoms with E-state index in [0.29, 0.717) is 0 Å². The number of benzene rings is 1. The van der Waals surface area contributed by atoms with Crippen LogP contribution in [0.1, 0.15) is 39.0 Å². The van der Waals surface area contributed by atoms with Gasteiger partial charge in [0.05, 0.1) is 11.4 Å². The van der Waals surface area contributed by atoms with Gasteiger partial charge in [-0.25, -0.2) is 4.68 Å². The lowest BCUT2D eigenvalue weighted by Gasteiger charge is -2.00. The Labute approximate surface area is 105 Å². The van der Waals surface area contributed by atoms with Crippen molar-refractivity contribution in [3.8, 4) is 5.69 Å². The van der Waals surface area contributed by atoms with E-state index in [-0.39, 0.29) is 0 Å². The number of hydrogen-bond acceptors (Lipinski definition) is 1. The molecule has 1 heterocycles. The molecule has 0 N–H and O–H groups in total. The molecule has 0 saturated heterocycles. The number of nitrogens with zero attached hydrogens (tertiary/aromatic N) is 2. The minimum atomic E-state index is 1.04. The van der Waals surface area contributed by atoms with Crippen LogP contribution in [-0.2, 0) is 0 Å². The van der Waals surface area contributed by atoms with Gasteiger partial charge in [0.25, 0.3) is 0 Å². The molecule has 0 saturated carbocycles. The maximum atomic E-state index is 4.33. The first kappa shape index (κ1) is 15.4. The van der Waals surface area contributed by atoms with Crippen LogP contribution in [0.15, 0.2) is 36.5 Å². The summed E-state index contributed by atoms with van der Waals surface area (Å²) in [5, 5.41) is 4.33. The predicted molar refractivity (Wildman–Crippen MR) is 75.7 cm³/mol. The fourth-order valence-corrected chi connectivity index (χ4v) is 1.26. The summed E-state index contributed by atoms with van der Waals surface area (Å²) in [7, 11) is 0. The number of aromatic nitrogens is 2. The van der Waals surface area contributed by atoms with Crippen LogP contribution >= 0.6 is 0 Å². The second kappa shape index (κ2) is 8.57. The Bertz CT molecular complexity index is 399. The highest BCUT2D eigenvalue weighted by Gasteiger charge is 1.96. The zero-order valence-corrected chi connectivity index (χ0v) is 11.9. The van der Waals surface area contributed by atoms with E-state index in [1.807, 2.05) is 51.6 Å². The first-order valence-corrected chi connectivity index (χ1v) is 6.35. The quantitative estimate of drug-likeness (QED) is 0.705. The van der Waals surface area contributed by atoms with Crippen molar-refractivity contribution in [2.45, 2.75) is 41.5 Å². The molecule has 2 rings (SSSR count). The van der Waals surface area contributed by atoms with Crippen LogP contribution in [0.4, 0.5) is 0 Å². The Morgan fingerprint density at radius 2 is 1.35 bits per heavy atom. The second-order valence-corrected chi connectivity index (χ2v) is 3.24. The molecule has 0 aliphatic heterocycles. The van der Waals surface area contributed by atoms with E-state index < -0.39 is 0 Å². The maximum Gasteiger partial charge on any atom is 0.0645 e. The second-order valence-electron chi connectivity index (χ2n) is 3.24. The van der Waals surface area contributed by atoms with Gasteiger partial charge in [0.1, 0.15) is 0 Å². The molecule has 2 aromatic rings. The van der Waals surface area contributed by atoms with Gasteiger partial charge in [0.15, 0.2) is 0 Å². The molecule has 0 aliphatic carbocycles. The van der Waals surface area contributed by atoms with Gasteiger partial charge < -0.3 is 0 Å². The summed E-state index contributed by atoms with van der Waals surface area (Å²) in [6, 6.07) is 10.3. The Balaban J connectivity index is 0.000000581.